The van der Waals surface area contributed by atoms with Gasteiger partial charge in [-0.25, -0.2) is 9.67 Å². The molecule has 0 spiro atoms. The molecule has 3 aromatic rings. The van der Waals surface area contributed by atoms with Gasteiger partial charge in [0.15, 0.2) is 0 Å². The Bertz CT molecular complexity index is 992. The molecule has 4 rings (SSSR count). The van der Waals surface area contributed by atoms with Crippen LogP contribution in [0.3, 0.4) is 0 Å². The Kier molecular flexibility index (Phi) is 3.65. The molecule has 24 heavy (non-hydrogen) atoms. The van der Waals surface area contributed by atoms with Gasteiger partial charge in [0.1, 0.15) is 0 Å². The quantitative estimate of drug-likeness (QED) is 0.770. The zero-order chi connectivity index (χ0) is 16.7. The van der Waals surface area contributed by atoms with E-state index >= 15 is 0 Å². The highest BCUT2D eigenvalue weighted by atomic mass is 32.1. The first-order chi connectivity index (χ1) is 11.6. The van der Waals surface area contributed by atoms with Crippen molar-refractivity contribution in [2.24, 2.45) is 7.05 Å². The van der Waals surface area contributed by atoms with Gasteiger partial charge in [0, 0.05) is 24.7 Å². The first-order valence-corrected chi connectivity index (χ1v) is 8.68. The highest BCUT2D eigenvalue weighted by Crippen LogP contribution is 2.21. The summed E-state index contributed by atoms with van der Waals surface area (Å²) in [6, 6.07) is 7.19. The zero-order valence-corrected chi connectivity index (χ0v) is 14.0. The SMILES string of the molecule is Cn1nc2c(cc1=O)C[C@H](NC(=O)c1ccc3ncsc3c1)CC2. The van der Waals surface area contributed by atoms with Crippen LogP contribution in [0, 0.1) is 0 Å². The number of fused-ring (bicyclic) bond motifs is 2. The topological polar surface area (TPSA) is 76.9 Å². The molecule has 1 amide bonds. The van der Waals surface area contributed by atoms with Gasteiger partial charge in [-0.15, -0.1) is 11.3 Å². The number of benzene rings is 1. The van der Waals surface area contributed by atoms with Crippen LogP contribution in [-0.4, -0.2) is 26.7 Å². The summed E-state index contributed by atoms with van der Waals surface area (Å²) >= 11 is 1.52. The molecule has 0 saturated carbocycles. The summed E-state index contributed by atoms with van der Waals surface area (Å²) in [7, 11) is 1.66. The van der Waals surface area contributed by atoms with Crippen molar-refractivity contribution in [3.63, 3.8) is 0 Å². The van der Waals surface area contributed by atoms with E-state index in [-0.39, 0.29) is 17.5 Å². The van der Waals surface area contributed by atoms with Gasteiger partial charge in [0.05, 0.1) is 21.4 Å². The number of aryl methyl sites for hydroxylation is 2. The molecule has 1 atom stereocenters. The zero-order valence-electron chi connectivity index (χ0n) is 13.2. The number of aromatic nitrogens is 3. The first kappa shape index (κ1) is 15.0. The molecule has 0 aliphatic heterocycles. The highest BCUT2D eigenvalue weighted by molar-refractivity contribution is 7.16. The fraction of sp³-hybridized carbons (Fsp3) is 0.294. The summed E-state index contributed by atoms with van der Waals surface area (Å²) in [6.07, 6.45) is 2.24. The fourth-order valence-corrected chi connectivity index (χ4v) is 3.79. The number of amides is 1. The van der Waals surface area contributed by atoms with Crippen molar-refractivity contribution in [3.05, 3.63) is 57.0 Å². The minimum Gasteiger partial charge on any atom is -0.349 e. The molecule has 122 valence electrons. The van der Waals surface area contributed by atoms with E-state index < -0.39 is 0 Å². The Morgan fingerprint density at radius 3 is 3.12 bits per heavy atom. The lowest BCUT2D eigenvalue weighted by atomic mass is 9.92. The highest BCUT2D eigenvalue weighted by Gasteiger charge is 2.22. The number of thiazole rings is 1. The van der Waals surface area contributed by atoms with Crippen molar-refractivity contribution in [1.82, 2.24) is 20.1 Å². The molecule has 1 N–H and O–H groups in total. The molecule has 1 aliphatic rings. The normalized spacial score (nSPS) is 16.8. The number of carbonyl (C=O) groups is 1. The molecule has 2 heterocycles. The van der Waals surface area contributed by atoms with Crippen LogP contribution < -0.4 is 10.9 Å². The van der Waals surface area contributed by atoms with Gasteiger partial charge in [-0.1, -0.05) is 0 Å². The Hall–Kier alpha value is -2.54. The van der Waals surface area contributed by atoms with E-state index in [1.807, 2.05) is 12.1 Å². The lowest BCUT2D eigenvalue weighted by Gasteiger charge is -2.24. The van der Waals surface area contributed by atoms with Gasteiger partial charge in [-0.05, 0) is 43.0 Å². The first-order valence-electron chi connectivity index (χ1n) is 7.80. The Morgan fingerprint density at radius 1 is 1.38 bits per heavy atom. The Balaban J connectivity index is 1.52. The van der Waals surface area contributed by atoms with Crippen molar-refractivity contribution >= 4 is 27.5 Å². The van der Waals surface area contributed by atoms with Crippen LogP contribution in [0.25, 0.3) is 10.2 Å². The predicted molar refractivity (Wildman–Crippen MR) is 92.4 cm³/mol. The van der Waals surface area contributed by atoms with Crippen molar-refractivity contribution in [3.8, 4) is 0 Å². The van der Waals surface area contributed by atoms with Gasteiger partial charge in [0.2, 0.25) is 0 Å². The molecule has 1 aromatic carbocycles. The van der Waals surface area contributed by atoms with Gasteiger partial charge < -0.3 is 5.32 Å². The van der Waals surface area contributed by atoms with Gasteiger partial charge in [0.25, 0.3) is 11.5 Å². The van der Waals surface area contributed by atoms with Crippen LogP contribution in [0.4, 0.5) is 0 Å². The third-order valence-corrected chi connectivity index (χ3v) is 5.17. The number of nitrogens with zero attached hydrogens (tertiary/aromatic N) is 3. The summed E-state index contributed by atoms with van der Waals surface area (Å²) in [5, 5.41) is 7.37. The van der Waals surface area contributed by atoms with E-state index in [2.05, 4.69) is 15.4 Å². The summed E-state index contributed by atoms with van der Waals surface area (Å²) in [5.74, 6) is -0.0875. The number of hydrogen-bond acceptors (Lipinski definition) is 5. The van der Waals surface area contributed by atoms with E-state index in [1.54, 1.807) is 24.7 Å². The van der Waals surface area contributed by atoms with E-state index in [4.69, 9.17) is 0 Å². The molecule has 1 aliphatic carbocycles. The van der Waals surface area contributed by atoms with Crippen molar-refractivity contribution in [1.29, 1.82) is 0 Å². The monoisotopic (exact) mass is 340 g/mol. The maximum absolute atomic E-state index is 12.5. The smallest absolute Gasteiger partial charge is 0.266 e. The second-order valence-electron chi connectivity index (χ2n) is 6.03. The molecule has 0 fully saturated rings. The van der Waals surface area contributed by atoms with Crippen LogP contribution in [0.15, 0.2) is 34.6 Å². The van der Waals surface area contributed by atoms with Crippen LogP contribution in [0.5, 0.6) is 0 Å². The van der Waals surface area contributed by atoms with E-state index in [9.17, 15) is 9.59 Å². The van der Waals surface area contributed by atoms with Gasteiger partial charge in [-0.2, -0.15) is 5.10 Å². The third-order valence-electron chi connectivity index (χ3n) is 4.38. The number of hydrogen-bond donors (Lipinski definition) is 1. The molecule has 2 aromatic heterocycles. The maximum Gasteiger partial charge on any atom is 0.266 e. The average Bonchev–Trinajstić information content (AvgIpc) is 3.03. The maximum atomic E-state index is 12.5. The molecule has 0 bridgehead atoms. The van der Waals surface area contributed by atoms with Gasteiger partial charge >= 0.3 is 0 Å². The third kappa shape index (κ3) is 2.71. The summed E-state index contributed by atoms with van der Waals surface area (Å²) in [5.41, 5.74) is 5.10. The Morgan fingerprint density at radius 2 is 2.25 bits per heavy atom. The van der Waals surface area contributed by atoms with Crippen LogP contribution >= 0.6 is 11.3 Å². The molecule has 7 heteroatoms. The van der Waals surface area contributed by atoms with Crippen molar-refractivity contribution in [2.45, 2.75) is 25.3 Å². The van der Waals surface area contributed by atoms with E-state index in [1.165, 1.54) is 16.0 Å². The molecule has 6 nitrogen and oxygen atoms in total. The van der Waals surface area contributed by atoms with Crippen molar-refractivity contribution in [2.75, 3.05) is 0 Å². The molecular formula is C17H16N4O2S. The number of rotatable bonds is 2. The van der Waals surface area contributed by atoms with Crippen molar-refractivity contribution < 1.29 is 4.79 Å². The standard InChI is InChI=1S/C17H16N4O2S/c1-21-16(22)8-11-6-12(3-5-13(11)20-21)19-17(23)10-2-4-14-15(7-10)24-9-18-14/h2,4,7-9,12H,3,5-6H2,1H3,(H,19,23)/t12-/m1/s1. The second kappa shape index (κ2) is 5.83. The fourth-order valence-electron chi connectivity index (χ4n) is 3.07. The summed E-state index contributed by atoms with van der Waals surface area (Å²) in [4.78, 5) is 28.5. The largest absolute Gasteiger partial charge is 0.349 e. The van der Waals surface area contributed by atoms with Crippen LogP contribution in [0.2, 0.25) is 0 Å². The lowest BCUT2D eigenvalue weighted by molar-refractivity contribution is 0.0933. The lowest BCUT2D eigenvalue weighted by Crippen LogP contribution is -2.40. The number of nitrogens with one attached hydrogen (secondary N) is 1. The number of carbonyl (C=O) groups excluding carboxylic acids is 1. The Labute approximate surface area is 142 Å². The molecule has 0 radical (unpaired) electrons. The minimum absolute atomic E-state index is 0.0241. The van der Waals surface area contributed by atoms with E-state index in [0.29, 0.717) is 12.0 Å². The molecule has 0 saturated heterocycles. The van der Waals surface area contributed by atoms with Gasteiger partial charge in [-0.3, -0.25) is 9.59 Å². The molecule has 0 unspecified atom stereocenters. The minimum atomic E-state index is -0.114. The predicted octanol–water partition coefficient (Wildman–Crippen LogP) is 1.68. The van der Waals surface area contributed by atoms with Crippen LogP contribution in [0.1, 0.15) is 28.0 Å². The summed E-state index contributed by atoms with van der Waals surface area (Å²) < 4.78 is 2.37. The second-order valence-corrected chi connectivity index (χ2v) is 6.91. The average molecular weight is 340 g/mol. The van der Waals surface area contributed by atoms with Crippen LogP contribution in [-0.2, 0) is 19.9 Å². The van der Waals surface area contributed by atoms with E-state index in [0.717, 1.165) is 34.3 Å². The molecular weight excluding hydrogens is 324 g/mol. The summed E-state index contributed by atoms with van der Waals surface area (Å²) in [6.45, 7) is 0.